The lowest BCUT2D eigenvalue weighted by Crippen LogP contribution is -2.27. The summed E-state index contributed by atoms with van der Waals surface area (Å²) in [4.78, 5) is 21.6. The van der Waals surface area contributed by atoms with Crippen molar-refractivity contribution in [2.24, 2.45) is 5.73 Å². The predicted octanol–water partition coefficient (Wildman–Crippen LogP) is 2.03. The van der Waals surface area contributed by atoms with Crippen LogP contribution in [0.3, 0.4) is 0 Å². The molecule has 0 amide bonds. The molecular weight excluding hydrogens is 379 g/mol. The van der Waals surface area contributed by atoms with Gasteiger partial charge in [0, 0.05) is 18.2 Å². The van der Waals surface area contributed by atoms with E-state index in [1.165, 1.54) is 16.8 Å². The molecule has 0 saturated carbocycles. The molecule has 0 bridgehead atoms. The van der Waals surface area contributed by atoms with Crippen molar-refractivity contribution in [1.82, 2.24) is 19.6 Å². The van der Waals surface area contributed by atoms with Crippen LogP contribution in [0.15, 0.2) is 30.6 Å². The second kappa shape index (κ2) is 7.63. The van der Waals surface area contributed by atoms with Crippen LogP contribution in [0.1, 0.15) is 41.9 Å². The SMILES string of the molecule is C[C@H](N)COc1ncc(F)cc1C1CCCN1c1ccc2ncc(C(=O)O)n2n1. The van der Waals surface area contributed by atoms with E-state index >= 15 is 0 Å². The number of pyridine rings is 1. The molecule has 10 heteroatoms. The van der Waals surface area contributed by atoms with Gasteiger partial charge in [-0.3, -0.25) is 0 Å². The highest BCUT2D eigenvalue weighted by Crippen LogP contribution is 2.38. The summed E-state index contributed by atoms with van der Waals surface area (Å²) in [5.41, 5.74) is 6.81. The highest BCUT2D eigenvalue weighted by atomic mass is 19.1. The monoisotopic (exact) mass is 400 g/mol. The molecule has 2 atom stereocenters. The number of carboxylic acid groups (broad SMARTS) is 1. The van der Waals surface area contributed by atoms with Gasteiger partial charge in [-0.25, -0.2) is 23.7 Å². The van der Waals surface area contributed by atoms with Crippen LogP contribution < -0.4 is 15.4 Å². The van der Waals surface area contributed by atoms with E-state index < -0.39 is 11.8 Å². The molecular formula is C19H21FN6O3. The van der Waals surface area contributed by atoms with E-state index in [-0.39, 0.29) is 24.4 Å². The Labute approximate surface area is 165 Å². The minimum Gasteiger partial charge on any atom is -0.476 e. The number of ether oxygens (including phenoxy) is 1. The van der Waals surface area contributed by atoms with Gasteiger partial charge in [-0.1, -0.05) is 0 Å². The lowest BCUT2D eigenvalue weighted by atomic mass is 10.1. The third kappa shape index (κ3) is 3.70. The molecule has 1 aliphatic rings. The van der Waals surface area contributed by atoms with Crippen molar-refractivity contribution in [2.45, 2.75) is 31.8 Å². The lowest BCUT2D eigenvalue weighted by molar-refractivity contribution is 0.0688. The summed E-state index contributed by atoms with van der Waals surface area (Å²) < 4.78 is 21.0. The van der Waals surface area contributed by atoms with Gasteiger partial charge in [0.1, 0.15) is 18.2 Å². The summed E-state index contributed by atoms with van der Waals surface area (Å²) >= 11 is 0. The summed E-state index contributed by atoms with van der Waals surface area (Å²) in [5, 5.41) is 13.8. The van der Waals surface area contributed by atoms with Gasteiger partial charge in [0.15, 0.2) is 11.3 Å². The number of aromatic nitrogens is 4. The van der Waals surface area contributed by atoms with Crippen molar-refractivity contribution in [2.75, 3.05) is 18.1 Å². The van der Waals surface area contributed by atoms with Crippen molar-refractivity contribution < 1.29 is 19.0 Å². The van der Waals surface area contributed by atoms with E-state index in [9.17, 15) is 14.3 Å². The van der Waals surface area contributed by atoms with Gasteiger partial charge in [0.05, 0.1) is 18.4 Å². The molecule has 9 nitrogen and oxygen atoms in total. The van der Waals surface area contributed by atoms with Gasteiger partial charge < -0.3 is 20.5 Å². The molecule has 4 heterocycles. The van der Waals surface area contributed by atoms with Gasteiger partial charge >= 0.3 is 5.97 Å². The Kier molecular flexibility index (Phi) is 5.01. The normalized spacial score (nSPS) is 17.6. The lowest BCUT2D eigenvalue weighted by Gasteiger charge is -2.27. The Morgan fingerprint density at radius 1 is 1.41 bits per heavy atom. The second-order valence-electron chi connectivity index (χ2n) is 7.10. The molecule has 1 unspecified atom stereocenters. The maximum absolute atomic E-state index is 14.0. The summed E-state index contributed by atoms with van der Waals surface area (Å²) in [6, 6.07) is 4.52. The third-order valence-corrected chi connectivity index (χ3v) is 4.80. The predicted molar refractivity (Wildman–Crippen MR) is 103 cm³/mol. The standard InChI is InChI=1S/C19H21FN6O3/c1-11(21)10-29-18-13(7-12(20)8-23-18)14-3-2-6-25(14)17-5-4-16-22-9-15(19(27)28)26(16)24-17/h4-5,7-9,11,14H,2-3,6,10,21H2,1H3,(H,27,28)/t11-,14?/m0/s1. The summed E-state index contributed by atoms with van der Waals surface area (Å²) in [7, 11) is 0. The molecule has 3 aromatic rings. The minimum atomic E-state index is -1.11. The highest BCUT2D eigenvalue weighted by molar-refractivity contribution is 5.86. The number of hydrogen-bond acceptors (Lipinski definition) is 7. The van der Waals surface area contributed by atoms with Crippen LogP contribution in [-0.4, -0.2) is 49.9 Å². The van der Waals surface area contributed by atoms with Gasteiger partial charge in [-0.05, 0) is 38.0 Å². The Balaban J connectivity index is 1.71. The maximum Gasteiger partial charge on any atom is 0.356 e. The molecule has 1 fully saturated rings. The number of aromatic carboxylic acids is 1. The molecule has 29 heavy (non-hydrogen) atoms. The first-order chi connectivity index (χ1) is 13.9. The van der Waals surface area contributed by atoms with Crippen molar-refractivity contribution in [1.29, 1.82) is 0 Å². The first-order valence-electron chi connectivity index (χ1n) is 9.32. The number of carbonyl (C=O) groups is 1. The average molecular weight is 400 g/mol. The molecule has 4 rings (SSSR count). The van der Waals surface area contributed by atoms with Crippen LogP contribution in [0.2, 0.25) is 0 Å². The molecule has 152 valence electrons. The molecule has 1 aliphatic heterocycles. The molecule has 0 aromatic carbocycles. The molecule has 3 aromatic heterocycles. The van der Waals surface area contributed by atoms with Crippen LogP contribution in [0.4, 0.5) is 10.2 Å². The Morgan fingerprint density at radius 2 is 2.24 bits per heavy atom. The van der Waals surface area contributed by atoms with Crippen LogP contribution >= 0.6 is 0 Å². The van der Waals surface area contributed by atoms with Crippen LogP contribution in [0.25, 0.3) is 5.65 Å². The fourth-order valence-electron chi connectivity index (χ4n) is 3.54. The van der Waals surface area contributed by atoms with E-state index in [1.807, 2.05) is 11.8 Å². The Bertz CT molecular complexity index is 1050. The van der Waals surface area contributed by atoms with E-state index in [4.69, 9.17) is 10.5 Å². The Morgan fingerprint density at radius 3 is 3.00 bits per heavy atom. The number of imidazole rings is 1. The summed E-state index contributed by atoms with van der Waals surface area (Å²) in [5.74, 6) is -0.648. The average Bonchev–Trinajstić information content (AvgIpc) is 3.33. The summed E-state index contributed by atoms with van der Waals surface area (Å²) in [6.45, 7) is 2.76. The number of carboxylic acids is 1. The van der Waals surface area contributed by atoms with Gasteiger partial charge in [0.25, 0.3) is 0 Å². The van der Waals surface area contributed by atoms with Gasteiger partial charge in [0.2, 0.25) is 5.88 Å². The number of anilines is 1. The maximum atomic E-state index is 14.0. The van der Waals surface area contributed by atoms with E-state index in [2.05, 4.69) is 15.1 Å². The number of hydrogen-bond donors (Lipinski definition) is 2. The van der Waals surface area contributed by atoms with Crippen molar-refractivity contribution in [3.63, 3.8) is 0 Å². The van der Waals surface area contributed by atoms with Crippen LogP contribution in [0, 0.1) is 5.82 Å². The largest absolute Gasteiger partial charge is 0.476 e. The van der Waals surface area contributed by atoms with Crippen LogP contribution in [0.5, 0.6) is 5.88 Å². The smallest absolute Gasteiger partial charge is 0.356 e. The fourth-order valence-corrected chi connectivity index (χ4v) is 3.54. The molecule has 3 N–H and O–H groups in total. The third-order valence-electron chi connectivity index (χ3n) is 4.80. The van der Waals surface area contributed by atoms with Crippen LogP contribution in [-0.2, 0) is 0 Å². The highest BCUT2D eigenvalue weighted by Gasteiger charge is 2.31. The zero-order chi connectivity index (χ0) is 20.5. The fraction of sp³-hybridized carbons (Fsp3) is 0.368. The zero-order valence-corrected chi connectivity index (χ0v) is 15.8. The zero-order valence-electron chi connectivity index (χ0n) is 15.8. The minimum absolute atomic E-state index is 0.0222. The first-order valence-corrected chi connectivity index (χ1v) is 9.32. The van der Waals surface area contributed by atoms with Crippen molar-refractivity contribution in [3.05, 3.63) is 47.7 Å². The summed E-state index contributed by atoms with van der Waals surface area (Å²) in [6.07, 6.45) is 4.01. The topological polar surface area (TPSA) is 119 Å². The number of fused-ring (bicyclic) bond motifs is 1. The molecule has 0 spiro atoms. The number of rotatable bonds is 6. The number of nitrogens with two attached hydrogens (primary N) is 1. The van der Waals surface area contributed by atoms with Gasteiger partial charge in [-0.15, -0.1) is 5.10 Å². The quantitative estimate of drug-likeness (QED) is 0.645. The first kappa shape index (κ1) is 19.1. The van der Waals surface area contributed by atoms with E-state index in [0.717, 1.165) is 19.0 Å². The van der Waals surface area contributed by atoms with E-state index in [0.29, 0.717) is 29.5 Å². The van der Waals surface area contributed by atoms with Gasteiger partial charge in [-0.2, -0.15) is 0 Å². The molecule has 0 radical (unpaired) electrons. The van der Waals surface area contributed by atoms with E-state index in [1.54, 1.807) is 12.1 Å². The van der Waals surface area contributed by atoms with Crippen molar-refractivity contribution >= 4 is 17.4 Å². The molecule has 0 aliphatic carbocycles. The van der Waals surface area contributed by atoms with Crippen molar-refractivity contribution in [3.8, 4) is 5.88 Å². The Hall–Kier alpha value is -3.27. The second-order valence-corrected chi connectivity index (χ2v) is 7.10. The number of halogens is 1. The molecule has 1 saturated heterocycles. The number of nitrogens with zero attached hydrogens (tertiary/aromatic N) is 5.